The Hall–Kier alpha value is -2.02. The van der Waals surface area contributed by atoms with Crippen LogP contribution in [0.3, 0.4) is 0 Å². The lowest BCUT2D eigenvalue weighted by molar-refractivity contribution is 0.101. The van der Waals surface area contributed by atoms with Crippen molar-refractivity contribution in [2.24, 2.45) is 0 Å². The third-order valence-electron chi connectivity index (χ3n) is 2.01. The summed E-state index contributed by atoms with van der Waals surface area (Å²) in [5, 5.41) is 11.4. The lowest BCUT2D eigenvalue weighted by Crippen LogP contribution is -2.04. The summed E-state index contributed by atoms with van der Waals surface area (Å²) in [5.74, 6) is -0.00900. The van der Waals surface area contributed by atoms with Gasteiger partial charge in [-0.15, -0.1) is 0 Å². The lowest BCUT2D eigenvalue weighted by Gasteiger charge is -2.08. The summed E-state index contributed by atoms with van der Waals surface area (Å²) >= 11 is 0. The Kier molecular flexibility index (Phi) is 3.69. The predicted octanol–water partition coefficient (Wildman–Crippen LogP) is 1.80. The van der Waals surface area contributed by atoms with Gasteiger partial charge < -0.3 is 11.1 Å². The number of rotatable bonds is 4. The van der Waals surface area contributed by atoms with Gasteiger partial charge in [0.2, 0.25) is 0 Å². The number of nitrogen functional groups attached to an aromatic ring is 1. The Bertz CT molecular complexity index is 407. The van der Waals surface area contributed by atoms with Crippen LogP contribution >= 0.6 is 0 Å². The molecule has 0 aromatic heterocycles. The smallest absolute Gasteiger partial charge is 0.159 e. The fourth-order valence-corrected chi connectivity index (χ4v) is 1.20. The van der Waals surface area contributed by atoms with Gasteiger partial charge in [0.1, 0.15) is 0 Å². The van der Waals surface area contributed by atoms with Crippen LogP contribution in [-0.4, -0.2) is 12.3 Å². The average Bonchev–Trinajstić information content (AvgIpc) is 2.20. The predicted molar refractivity (Wildman–Crippen MR) is 59.6 cm³/mol. The van der Waals surface area contributed by atoms with Crippen LogP contribution in [0.2, 0.25) is 0 Å². The summed E-state index contributed by atoms with van der Waals surface area (Å²) in [6.45, 7) is 2.05. The minimum absolute atomic E-state index is 0.00900. The number of benzene rings is 1. The molecule has 0 radical (unpaired) electrons. The van der Waals surface area contributed by atoms with Gasteiger partial charge in [0, 0.05) is 12.1 Å². The molecule has 15 heavy (non-hydrogen) atoms. The second-order valence-corrected chi connectivity index (χ2v) is 3.19. The highest BCUT2D eigenvalue weighted by atomic mass is 16.1. The summed E-state index contributed by atoms with van der Waals surface area (Å²) in [6, 6.07) is 7.13. The number of nitrogens with zero attached hydrogens (tertiary/aromatic N) is 1. The molecule has 0 unspecified atom stereocenters. The van der Waals surface area contributed by atoms with Gasteiger partial charge in [0.25, 0.3) is 0 Å². The number of nitrogens with two attached hydrogens (primary N) is 1. The summed E-state index contributed by atoms with van der Waals surface area (Å²) in [4.78, 5) is 11.1. The molecule has 4 heteroatoms. The van der Waals surface area contributed by atoms with Crippen LogP contribution in [0.5, 0.6) is 0 Å². The maximum absolute atomic E-state index is 11.1. The molecule has 4 nitrogen and oxygen atoms in total. The fourth-order valence-electron chi connectivity index (χ4n) is 1.20. The zero-order valence-electron chi connectivity index (χ0n) is 8.58. The van der Waals surface area contributed by atoms with Crippen LogP contribution < -0.4 is 11.1 Å². The quantitative estimate of drug-likeness (QED) is 0.444. The molecule has 0 bridgehead atoms. The third kappa shape index (κ3) is 2.99. The molecule has 78 valence electrons. The zero-order valence-corrected chi connectivity index (χ0v) is 8.58. The molecule has 1 rings (SSSR count). The van der Waals surface area contributed by atoms with Crippen molar-refractivity contribution in [3.63, 3.8) is 0 Å². The van der Waals surface area contributed by atoms with Crippen LogP contribution in [0.25, 0.3) is 0 Å². The molecule has 0 saturated carbocycles. The molecule has 0 saturated heterocycles. The van der Waals surface area contributed by atoms with E-state index >= 15 is 0 Å². The van der Waals surface area contributed by atoms with Gasteiger partial charge in [-0.05, 0) is 25.1 Å². The van der Waals surface area contributed by atoms with Crippen molar-refractivity contribution in [2.75, 3.05) is 17.6 Å². The minimum Gasteiger partial charge on any atom is -0.397 e. The topological polar surface area (TPSA) is 78.9 Å². The highest BCUT2D eigenvalue weighted by molar-refractivity contribution is 5.95. The maximum Gasteiger partial charge on any atom is 0.159 e. The van der Waals surface area contributed by atoms with E-state index in [0.717, 1.165) is 5.69 Å². The van der Waals surface area contributed by atoms with Gasteiger partial charge in [-0.1, -0.05) is 0 Å². The van der Waals surface area contributed by atoms with Crippen LogP contribution in [0.1, 0.15) is 23.7 Å². The largest absolute Gasteiger partial charge is 0.397 e. The van der Waals surface area contributed by atoms with E-state index in [1.165, 1.54) is 6.92 Å². The highest BCUT2D eigenvalue weighted by Crippen LogP contribution is 2.19. The van der Waals surface area contributed by atoms with Gasteiger partial charge in [-0.2, -0.15) is 5.26 Å². The summed E-state index contributed by atoms with van der Waals surface area (Å²) in [6.07, 6.45) is 0.425. The first kappa shape index (κ1) is 11.1. The van der Waals surface area contributed by atoms with E-state index in [2.05, 4.69) is 5.32 Å². The van der Waals surface area contributed by atoms with E-state index in [4.69, 9.17) is 11.0 Å². The summed E-state index contributed by atoms with van der Waals surface area (Å²) in [5.41, 5.74) is 7.63. The molecule has 0 aliphatic rings. The molecule has 0 heterocycles. The first-order chi connectivity index (χ1) is 7.15. The number of ketones is 1. The Morgan fingerprint density at radius 2 is 2.33 bits per heavy atom. The standard InChI is InChI=1S/C11H13N3O/c1-8(15)9-3-4-11(10(13)7-9)14-6-2-5-12/h3-4,7,14H,2,6,13H2,1H3. The highest BCUT2D eigenvalue weighted by Gasteiger charge is 2.03. The van der Waals surface area contributed by atoms with Crippen molar-refractivity contribution >= 4 is 17.2 Å². The lowest BCUT2D eigenvalue weighted by atomic mass is 10.1. The number of Topliss-reactive ketones (excluding diaryl/α,β-unsaturated/α-hetero) is 1. The van der Waals surface area contributed by atoms with Crippen molar-refractivity contribution < 1.29 is 4.79 Å². The van der Waals surface area contributed by atoms with E-state index in [1.54, 1.807) is 18.2 Å². The first-order valence-electron chi connectivity index (χ1n) is 4.66. The molecule has 3 N–H and O–H groups in total. The number of nitriles is 1. The molecular weight excluding hydrogens is 190 g/mol. The van der Waals surface area contributed by atoms with Gasteiger partial charge in [-0.25, -0.2) is 0 Å². The van der Waals surface area contributed by atoms with E-state index < -0.39 is 0 Å². The van der Waals surface area contributed by atoms with Crippen molar-refractivity contribution in [3.8, 4) is 6.07 Å². The second kappa shape index (κ2) is 5.01. The fraction of sp³-hybridized carbons (Fsp3) is 0.273. The Morgan fingerprint density at radius 1 is 1.60 bits per heavy atom. The molecule has 1 aromatic carbocycles. The van der Waals surface area contributed by atoms with Crippen molar-refractivity contribution in [2.45, 2.75) is 13.3 Å². The maximum atomic E-state index is 11.1. The van der Waals surface area contributed by atoms with Crippen LogP contribution in [0.4, 0.5) is 11.4 Å². The molecule has 0 amide bonds. The minimum atomic E-state index is -0.00900. The van der Waals surface area contributed by atoms with Crippen LogP contribution in [0.15, 0.2) is 18.2 Å². The summed E-state index contributed by atoms with van der Waals surface area (Å²) < 4.78 is 0. The monoisotopic (exact) mass is 203 g/mol. The number of hydrogen-bond donors (Lipinski definition) is 2. The number of carbonyl (C=O) groups is 1. The Morgan fingerprint density at radius 3 is 2.87 bits per heavy atom. The average molecular weight is 203 g/mol. The van der Waals surface area contributed by atoms with Crippen molar-refractivity contribution in [1.82, 2.24) is 0 Å². The van der Waals surface area contributed by atoms with Gasteiger partial charge in [0.05, 0.1) is 23.9 Å². The first-order valence-corrected chi connectivity index (χ1v) is 4.66. The number of nitrogens with one attached hydrogen (secondary N) is 1. The number of anilines is 2. The normalized spacial score (nSPS) is 9.33. The van der Waals surface area contributed by atoms with Crippen LogP contribution in [-0.2, 0) is 0 Å². The van der Waals surface area contributed by atoms with Gasteiger partial charge >= 0.3 is 0 Å². The molecule has 0 spiro atoms. The van der Waals surface area contributed by atoms with Crippen molar-refractivity contribution in [3.05, 3.63) is 23.8 Å². The number of hydrogen-bond acceptors (Lipinski definition) is 4. The number of carbonyl (C=O) groups excluding carboxylic acids is 1. The molecule has 0 aliphatic carbocycles. The second-order valence-electron chi connectivity index (χ2n) is 3.19. The van der Waals surface area contributed by atoms with Crippen molar-refractivity contribution in [1.29, 1.82) is 5.26 Å². The SMILES string of the molecule is CC(=O)c1ccc(NCCC#N)c(N)c1. The van der Waals surface area contributed by atoms with Gasteiger partial charge in [0.15, 0.2) is 5.78 Å². The molecule has 0 fully saturated rings. The van der Waals surface area contributed by atoms with E-state index in [0.29, 0.717) is 24.2 Å². The van der Waals surface area contributed by atoms with Crippen LogP contribution in [0, 0.1) is 11.3 Å². The summed E-state index contributed by atoms with van der Waals surface area (Å²) in [7, 11) is 0. The van der Waals surface area contributed by atoms with Gasteiger partial charge in [-0.3, -0.25) is 4.79 Å². The van der Waals surface area contributed by atoms with E-state index in [9.17, 15) is 4.79 Å². The molecule has 0 aliphatic heterocycles. The Labute approximate surface area is 88.7 Å². The molecule has 1 aromatic rings. The molecular formula is C11H13N3O. The molecule has 0 atom stereocenters. The van der Waals surface area contributed by atoms with E-state index in [1.807, 2.05) is 6.07 Å². The van der Waals surface area contributed by atoms with E-state index in [-0.39, 0.29) is 5.78 Å². The Balaban J connectivity index is 2.76. The zero-order chi connectivity index (χ0) is 11.3. The third-order valence-corrected chi connectivity index (χ3v) is 2.01.